The molecule has 2 amide bonds. The Kier molecular flexibility index (Phi) is 7.76. The van der Waals surface area contributed by atoms with Crippen molar-refractivity contribution in [1.82, 2.24) is 14.9 Å². The quantitative estimate of drug-likeness (QED) is 0.654. The van der Waals surface area contributed by atoms with Crippen LogP contribution in [0.3, 0.4) is 0 Å². The average Bonchev–Trinajstić information content (AvgIpc) is 3.24. The molecule has 1 aliphatic heterocycles. The highest BCUT2D eigenvalue weighted by Gasteiger charge is 2.23. The zero-order valence-corrected chi connectivity index (χ0v) is 18.9. The Hall–Kier alpha value is -2.45. The van der Waals surface area contributed by atoms with E-state index < -0.39 is 0 Å². The first-order chi connectivity index (χ1) is 15.7. The van der Waals surface area contributed by atoms with E-state index in [-0.39, 0.29) is 17.7 Å². The Balaban J connectivity index is 1.56. The molecule has 1 saturated carbocycles. The summed E-state index contributed by atoms with van der Waals surface area (Å²) in [4.78, 5) is 30.5. The molecule has 0 radical (unpaired) electrons. The van der Waals surface area contributed by atoms with Crippen LogP contribution in [-0.2, 0) is 20.8 Å². The Morgan fingerprint density at radius 2 is 1.94 bits per heavy atom. The molecule has 0 atom stereocenters. The first kappa shape index (κ1) is 22.7. The number of hydrogen-bond acceptors (Lipinski definition) is 5. The third-order valence-corrected chi connectivity index (χ3v) is 6.63. The number of anilines is 1. The smallest absolute Gasteiger partial charge is 0.253 e. The molecule has 8 nitrogen and oxygen atoms in total. The van der Waals surface area contributed by atoms with Gasteiger partial charge in [0.2, 0.25) is 5.91 Å². The number of nitrogens with zero attached hydrogens (tertiary/aromatic N) is 2. The minimum absolute atomic E-state index is 0.0384. The van der Waals surface area contributed by atoms with Crippen LogP contribution in [-0.4, -0.2) is 54.8 Å². The second-order valence-electron chi connectivity index (χ2n) is 8.91. The fraction of sp³-hybridized carbons (Fsp3) is 0.625. The van der Waals surface area contributed by atoms with Crippen molar-refractivity contribution in [3.05, 3.63) is 24.0 Å². The summed E-state index contributed by atoms with van der Waals surface area (Å²) < 4.78 is 12.6. The fourth-order valence-corrected chi connectivity index (χ4v) is 4.71. The SMILES string of the molecule is COCCn1cnc2cc(NC(=O)C3CCCCC3)cc(C(=O)NCC3CCOCC3)c21. The van der Waals surface area contributed by atoms with Crippen molar-refractivity contribution >= 4 is 28.5 Å². The third-order valence-electron chi connectivity index (χ3n) is 6.63. The molecule has 2 heterocycles. The van der Waals surface area contributed by atoms with E-state index in [1.807, 2.05) is 10.6 Å². The van der Waals surface area contributed by atoms with Gasteiger partial charge in [-0.25, -0.2) is 4.98 Å². The minimum atomic E-state index is -0.144. The Morgan fingerprint density at radius 3 is 2.69 bits per heavy atom. The van der Waals surface area contributed by atoms with Gasteiger partial charge in [-0.15, -0.1) is 0 Å². The number of rotatable bonds is 8. The van der Waals surface area contributed by atoms with E-state index in [0.717, 1.165) is 57.3 Å². The number of benzene rings is 1. The van der Waals surface area contributed by atoms with E-state index in [2.05, 4.69) is 15.6 Å². The molecule has 1 aliphatic carbocycles. The molecule has 0 spiro atoms. The molecule has 1 saturated heterocycles. The summed E-state index contributed by atoms with van der Waals surface area (Å²) >= 11 is 0. The van der Waals surface area contributed by atoms with Crippen LogP contribution in [0.4, 0.5) is 5.69 Å². The monoisotopic (exact) mass is 442 g/mol. The molecular formula is C24H34N4O4. The van der Waals surface area contributed by atoms with Crippen LogP contribution in [0.2, 0.25) is 0 Å². The summed E-state index contributed by atoms with van der Waals surface area (Å²) in [6.45, 7) is 3.23. The molecule has 2 aliphatic rings. The molecule has 0 bridgehead atoms. The van der Waals surface area contributed by atoms with Gasteiger partial charge in [0, 0.05) is 45.0 Å². The van der Waals surface area contributed by atoms with Crippen LogP contribution >= 0.6 is 0 Å². The first-order valence-electron chi connectivity index (χ1n) is 11.8. The number of hydrogen-bond donors (Lipinski definition) is 2. The molecular weight excluding hydrogens is 408 g/mol. The molecule has 32 heavy (non-hydrogen) atoms. The Bertz CT molecular complexity index is 929. The Labute approximate surface area is 189 Å². The summed E-state index contributed by atoms with van der Waals surface area (Å²) in [5, 5.41) is 6.15. The number of imidazole rings is 1. The highest BCUT2D eigenvalue weighted by molar-refractivity contribution is 6.07. The van der Waals surface area contributed by atoms with Gasteiger partial charge in [0.25, 0.3) is 5.91 Å². The number of aromatic nitrogens is 2. The van der Waals surface area contributed by atoms with Gasteiger partial charge in [0.15, 0.2) is 0 Å². The van der Waals surface area contributed by atoms with Crippen LogP contribution in [0.1, 0.15) is 55.3 Å². The largest absolute Gasteiger partial charge is 0.383 e. The number of ether oxygens (including phenoxy) is 2. The fourth-order valence-electron chi connectivity index (χ4n) is 4.71. The lowest BCUT2D eigenvalue weighted by atomic mass is 9.88. The second-order valence-corrected chi connectivity index (χ2v) is 8.91. The number of fused-ring (bicyclic) bond motifs is 1. The second kappa shape index (κ2) is 10.9. The van der Waals surface area contributed by atoms with E-state index in [9.17, 15) is 9.59 Å². The lowest BCUT2D eigenvalue weighted by Gasteiger charge is -2.22. The maximum Gasteiger partial charge on any atom is 0.253 e. The van der Waals surface area contributed by atoms with Gasteiger partial charge in [-0.1, -0.05) is 19.3 Å². The lowest BCUT2D eigenvalue weighted by Crippen LogP contribution is -2.32. The topological polar surface area (TPSA) is 94.5 Å². The van der Waals surface area contributed by atoms with Crippen molar-refractivity contribution in [2.45, 2.75) is 51.5 Å². The van der Waals surface area contributed by atoms with Crippen molar-refractivity contribution in [1.29, 1.82) is 0 Å². The maximum absolute atomic E-state index is 13.2. The lowest BCUT2D eigenvalue weighted by molar-refractivity contribution is -0.120. The average molecular weight is 443 g/mol. The minimum Gasteiger partial charge on any atom is -0.383 e. The summed E-state index contributed by atoms with van der Waals surface area (Å²) in [5.41, 5.74) is 2.62. The van der Waals surface area contributed by atoms with E-state index in [4.69, 9.17) is 9.47 Å². The molecule has 2 fully saturated rings. The predicted molar refractivity (Wildman–Crippen MR) is 123 cm³/mol. The number of carbonyl (C=O) groups is 2. The van der Waals surface area contributed by atoms with E-state index >= 15 is 0 Å². The number of methoxy groups -OCH3 is 1. The van der Waals surface area contributed by atoms with Gasteiger partial charge in [-0.2, -0.15) is 0 Å². The maximum atomic E-state index is 13.2. The predicted octanol–water partition coefficient (Wildman–Crippen LogP) is 3.36. The Morgan fingerprint density at radius 1 is 1.16 bits per heavy atom. The van der Waals surface area contributed by atoms with Crippen molar-refractivity contribution in [2.24, 2.45) is 11.8 Å². The van der Waals surface area contributed by atoms with Crippen molar-refractivity contribution in [3.8, 4) is 0 Å². The first-order valence-corrected chi connectivity index (χ1v) is 11.8. The molecule has 2 aromatic rings. The molecule has 0 unspecified atom stereocenters. The summed E-state index contributed by atoms with van der Waals surface area (Å²) in [7, 11) is 1.65. The van der Waals surface area contributed by atoms with Gasteiger partial charge in [0.05, 0.1) is 29.5 Å². The molecule has 8 heteroatoms. The molecule has 174 valence electrons. The van der Waals surface area contributed by atoms with Crippen LogP contribution < -0.4 is 10.6 Å². The number of amides is 2. The summed E-state index contributed by atoms with van der Waals surface area (Å²) in [6.07, 6.45) is 8.90. The molecule has 2 N–H and O–H groups in total. The number of carbonyl (C=O) groups excluding carboxylic acids is 2. The summed E-state index contributed by atoms with van der Waals surface area (Å²) in [5.74, 6) is 0.367. The van der Waals surface area contributed by atoms with Crippen LogP contribution in [0.25, 0.3) is 11.0 Å². The highest BCUT2D eigenvalue weighted by atomic mass is 16.5. The van der Waals surface area contributed by atoms with Gasteiger partial charge in [-0.05, 0) is 43.7 Å². The van der Waals surface area contributed by atoms with Crippen molar-refractivity contribution < 1.29 is 19.1 Å². The van der Waals surface area contributed by atoms with E-state index in [0.29, 0.717) is 42.4 Å². The van der Waals surface area contributed by atoms with Gasteiger partial charge in [0.1, 0.15) is 0 Å². The van der Waals surface area contributed by atoms with E-state index in [1.54, 1.807) is 19.5 Å². The van der Waals surface area contributed by atoms with Crippen LogP contribution in [0, 0.1) is 11.8 Å². The summed E-state index contributed by atoms with van der Waals surface area (Å²) in [6, 6.07) is 3.64. The van der Waals surface area contributed by atoms with Gasteiger partial charge < -0.3 is 24.7 Å². The van der Waals surface area contributed by atoms with Crippen LogP contribution in [0.15, 0.2) is 18.5 Å². The molecule has 1 aromatic heterocycles. The van der Waals surface area contributed by atoms with Gasteiger partial charge >= 0.3 is 0 Å². The molecule has 4 rings (SSSR count). The zero-order valence-electron chi connectivity index (χ0n) is 18.9. The van der Waals surface area contributed by atoms with Gasteiger partial charge in [-0.3, -0.25) is 9.59 Å². The standard InChI is InChI=1S/C24H34N4O4/c1-31-12-9-28-16-26-21-14-19(27-23(29)18-5-3-2-4-6-18)13-20(22(21)28)24(30)25-15-17-7-10-32-11-8-17/h13-14,16-18H,2-12,15H2,1H3,(H,25,30)(H,27,29). The van der Waals surface area contributed by atoms with Crippen molar-refractivity contribution in [3.63, 3.8) is 0 Å². The zero-order chi connectivity index (χ0) is 22.3. The van der Waals surface area contributed by atoms with Crippen molar-refractivity contribution in [2.75, 3.05) is 38.8 Å². The molecule has 1 aromatic carbocycles. The number of nitrogens with one attached hydrogen (secondary N) is 2. The van der Waals surface area contributed by atoms with E-state index in [1.165, 1.54) is 6.42 Å². The third kappa shape index (κ3) is 5.48. The highest BCUT2D eigenvalue weighted by Crippen LogP contribution is 2.28. The van der Waals surface area contributed by atoms with Crippen LogP contribution in [0.5, 0.6) is 0 Å². The normalized spacial score (nSPS) is 18.0.